The summed E-state index contributed by atoms with van der Waals surface area (Å²) in [5.41, 5.74) is 5.61. The summed E-state index contributed by atoms with van der Waals surface area (Å²) in [7, 11) is -1.76. The van der Waals surface area contributed by atoms with Gasteiger partial charge >= 0.3 is 0 Å². The molecule has 21 heavy (non-hydrogen) atoms. The highest BCUT2D eigenvalue weighted by molar-refractivity contribution is 7.89. The standard InChI is InChI=1S/C12H18N4O3S2/c1-16-5-6-19-9(8-16)7-15-21(17,18)10-3-2-4-14-11(10)12(13)20/h2-4,9,15H,5-8H2,1H3,(H2,13,20). The van der Waals surface area contributed by atoms with Crippen molar-refractivity contribution in [2.75, 3.05) is 33.3 Å². The van der Waals surface area contributed by atoms with Crippen molar-refractivity contribution < 1.29 is 13.2 Å². The number of nitrogens with two attached hydrogens (primary N) is 1. The number of nitrogens with one attached hydrogen (secondary N) is 1. The molecule has 9 heteroatoms. The average molecular weight is 330 g/mol. The second kappa shape index (κ2) is 6.75. The number of rotatable bonds is 5. The SMILES string of the molecule is CN1CCOC(CNS(=O)(=O)c2cccnc2C(N)=S)C1. The van der Waals surface area contributed by atoms with Crippen LogP contribution >= 0.6 is 12.2 Å². The molecule has 1 fully saturated rings. The summed E-state index contributed by atoms with van der Waals surface area (Å²) in [6, 6.07) is 2.96. The Balaban J connectivity index is 2.10. The van der Waals surface area contributed by atoms with Gasteiger partial charge in [-0.2, -0.15) is 0 Å². The van der Waals surface area contributed by atoms with E-state index in [0.29, 0.717) is 13.2 Å². The third-order valence-corrected chi connectivity index (χ3v) is 4.79. The number of aromatic nitrogens is 1. The van der Waals surface area contributed by atoms with Gasteiger partial charge in [0.05, 0.1) is 12.7 Å². The van der Waals surface area contributed by atoms with Crippen molar-refractivity contribution in [3.8, 4) is 0 Å². The first kappa shape index (κ1) is 16.2. The summed E-state index contributed by atoms with van der Waals surface area (Å²) in [5.74, 6) is 0. The highest BCUT2D eigenvalue weighted by atomic mass is 32.2. The highest BCUT2D eigenvalue weighted by Crippen LogP contribution is 2.13. The van der Waals surface area contributed by atoms with Crippen molar-refractivity contribution in [1.29, 1.82) is 0 Å². The molecule has 0 bridgehead atoms. The third kappa shape index (κ3) is 4.17. The van der Waals surface area contributed by atoms with Gasteiger partial charge in [0.25, 0.3) is 0 Å². The number of pyridine rings is 1. The molecule has 3 N–H and O–H groups in total. The lowest BCUT2D eigenvalue weighted by atomic mass is 10.3. The Bertz CT molecular complexity index is 621. The van der Waals surface area contributed by atoms with Gasteiger partial charge in [0, 0.05) is 25.8 Å². The predicted molar refractivity (Wildman–Crippen MR) is 82.5 cm³/mol. The molecular weight excluding hydrogens is 312 g/mol. The van der Waals surface area contributed by atoms with Crippen LogP contribution in [0, 0.1) is 0 Å². The topological polar surface area (TPSA) is 97.5 Å². The van der Waals surface area contributed by atoms with E-state index in [0.717, 1.165) is 6.54 Å². The first-order valence-corrected chi connectivity index (χ1v) is 8.34. The van der Waals surface area contributed by atoms with E-state index >= 15 is 0 Å². The van der Waals surface area contributed by atoms with E-state index in [2.05, 4.69) is 14.6 Å². The summed E-state index contributed by atoms with van der Waals surface area (Å²) in [6.07, 6.45) is 1.27. The zero-order valence-corrected chi connectivity index (χ0v) is 13.3. The average Bonchev–Trinajstić information content (AvgIpc) is 2.45. The zero-order valence-electron chi connectivity index (χ0n) is 11.7. The number of thiocarbonyl (C=S) groups is 1. The molecule has 0 aliphatic carbocycles. The Labute approximate surface area is 129 Å². The quantitative estimate of drug-likeness (QED) is 0.691. The van der Waals surface area contributed by atoms with E-state index in [4.69, 9.17) is 22.7 Å². The summed E-state index contributed by atoms with van der Waals surface area (Å²) >= 11 is 4.83. The van der Waals surface area contributed by atoms with E-state index in [-0.39, 0.29) is 28.2 Å². The molecule has 0 radical (unpaired) electrons. The fraction of sp³-hybridized carbons (Fsp3) is 0.500. The number of nitrogens with zero attached hydrogens (tertiary/aromatic N) is 2. The molecule has 0 saturated carbocycles. The van der Waals surface area contributed by atoms with Gasteiger partial charge < -0.3 is 15.4 Å². The molecule has 0 spiro atoms. The lowest BCUT2D eigenvalue weighted by Gasteiger charge is -2.30. The molecule has 1 aliphatic heterocycles. The summed E-state index contributed by atoms with van der Waals surface area (Å²) in [4.78, 5) is 5.95. The van der Waals surface area contributed by atoms with Crippen LogP contribution in [0.25, 0.3) is 0 Å². The maximum atomic E-state index is 12.3. The van der Waals surface area contributed by atoms with Crippen LogP contribution < -0.4 is 10.5 Å². The van der Waals surface area contributed by atoms with Gasteiger partial charge in [0.1, 0.15) is 15.6 Å². The summed E-state index contributed by atoms with van der Waals surface area (Å²) in [6.45, 7) is 2.31. The van der Waals surface area contributed by atoms with Gasteiger partial charge in [-0.15, -0.1) is 0 Å². The number of morpholine rings is 1. The predicted octanol–water partition coefficient (Wildman–Crippen LogP) is -0.675. The first-order valence-electron chi connectivity index (χ1n) is 6.45. The van der Waals surface area contributed by atoms with Crippen LogP contribution in [0.2, 0.25) is 0 Å². The second-order valence-electron chi connectivity index (χ2n) is 4.82. The van der Waals surface area contributed by atoms with Crippen molar-refractivity contribution in [1.82, 2.24) is 14.6 Å². The largest absolute Gasteiger partial charge is 0.388 e. The van der Waals surface area contributed by atoms with Gasteiger partial charge in [-0.3, -0.25) is 4.98 Å². The first-order chi connectivity index (χ1) is 9.90. The van der Waals surface area contributed by atoms with E-state index in [1.165, 1.54) is 18.3 Å². The fourth-order valence-electron chi connectivity index (χ4n) is 2.06. The van der Waals surface area contributed by atoms with Crippen molar-refractivity contribution in [2.24, 2.45) is 5.73 Å². The number of hydrogen-bond acceptors (Lipinski definition) is 6. The second-order valence-corrected chi connectivity index (χ2v) is 7.00. The van der Waals surface area contributed by atoms with Gasteiger partial charge in [-0.1, -0.05) is 12.2 Å². The maximum Gasteiger partial charge on any atom is 0.242 e. The van der Waals surface area contributed by atoms with Crippen molar-refractivity contribution in [3.63, 3.8) is 0 Å². The molecule has 7 nitrogen and oxygen atoms in total. The summed E-state index contributed by atoms with van der Waals surface area (Å²) < 4.78 is 32.7. The maximum absolute atomic E-state index is 12.3. The molecule has 116 valence electrons. The van der Waals surface area contributed by atoms with Crippen LogP contribution in [-0.2, 0) is 14.8 Å². The zero-order chi connectivity index (χ0) is 15.5. The van der Waals surface area contributed by atoms with E-state index in [1.54, 1.807) is 0 Å². The van der Waals surface area contributed by atoms with Gasteiger partial charge in [-0.25, -0.2) is 13.1 Å². The molecule has 1 atom stereocenters. The van der Waals surface area contributed by atoms with Crippen LogP contribution in [0.4, 0.5) is 0 Å². The number of hydrogen-bond donors (Lipinski definition) is 2. The molecule has 2 heterocycles. The van der Waals surface area contributed by atoms with Gasteiger partial charge in [-0.05, 0) is 19.2 Å². The fourth-order valence-corrected chi connectivity index (χ4v) is 3.53. The highest BCUT2D eigenvalue weighted by Gasteiger charge is 2.24. The minimum Gasteiger partial charge on any atom is -0.388 e. The van der Waals surface area contributed by atoms with Gasteiger partial charge in [0.15, 0.2) is 0 Å². The molecule has 0 aromatic carbocycles. The molecule has 1 unspecified atom stereocenters. The molecule has 1 aromatic rings. The molecule has 1 aromatic heterocycles. The number of ether oxygens (including phenoxy) is 1. The Kier molecular flexibility index (Phi) is 5.22. The van der Waals surface area contributed by atoms with E-state index < -0.39 is 10.0 Å². The molecular formula is C12H18N4O3S2. The molecule has 1 saturated heterocycles. The van der Waals surface area contributed by atoms with E-state index in [1.807, 2.05) is 7.05 Å². The Hall–Kier alpha value is -1.13. The minimum atomic E-state index is -3.73. The van der Waals surface area contributed by atoms with Crippen molar-refractivity contribution in [3.05, 3.63) is 24.0 Å². The summed E-state index contributed by atoms with van der Waals surface area (Å²) in [5, 5.41) is 0. The van der Waals surface area contributed by atoms with Crippen molar-refractivity contribution in [2.45, 2.75) is 11.0 Å². The number of sulfonamides is 1. The van der Waals surface area contributed by atoms with Gasteiger partial charge in [0.2, 0.25) is 10.0 Å². The van der Waals surface area contributed by atoms with E-state index in [9.17, 15) is 8.42 Å². The monoisotopic (exact) mass is 330 g/mol. The molecule has 0 amide bonds. The Morgan fingerprint density at radius 2 is 2.43 bits per heavy atom. The van der Waals surface area contributed by atoms with Crippen LogP contribution in [0.3, 0.4) is 0 Å². The normalized spacial score (nSPS) is 20.3. The number of likely N-dealkylation sites (N-methyl/N-ethyl adjacent to an activating group) is 1. The van der Waals surface area contributed by atoms with Crippen molar-refractivity contribution >= 4 is 27.2 Å². The van der Waals surface area contributed by atoms with Crippen LogP contribution in [0.15, 0.2) is 23.2 Å². The lowest BCUT2D eigenvalue weighted by Crippen LogP contribution is -2.46. The van der Waals surface area contributed by atoms with Crippen LogP contribution in [0.5, 0.6) is 0 Å². The minimum absolute atomic E-state index is 0.0123. The molecule has 1 aliphatic rings. The smallest absolute Gasteiger partial charge is 0.242 e. The molecule has 2 rings (SSSR count). The lowest BCUT2D eigenvalue weighted by molar-refractivity contribution is -0.0156. The Morgan fingerprint density at radius 1 is 1.67 bits per heavy atom. The Morgan fingerprint density at radius 3 is 3.10 bits per heavy atom. The van der Waals surface area contributed by atoms with Crippen LogP contribution in [0.1, 0.15) is 5.69 Å². The third-order valence-electron chi connectivity index (χ3n) is 3.14. The van der Waals surface area contributed by atoms with Crippen LogP contribution in [-0.4, -0.2) is 62.7 Å².